The number of carboxylic acid groups (broad SMARTS) is 1. The third-order valence-electron chi connectivity index (χ3n) is 4.36. The van der Waals surface area contributed by atoms with Crippen LogP contribution in [0.1, 0.15) is 27.7 Å². The first-order valence-corrected chi connectivity index (χ1v) is 4.57. The second-order valence-corrected chi connectivity index (χ2v) is 5.20. The molecule has 0 aromatic carbocycles. The van der Waals surface area contributed by atoms with Crippen molar-refractivity contribution in [3.63, 3.8) is 0 Å². The van der Waals surface area contributed by atoms with Crippen molar-refractivity contribution in [2.75, 3.05) is 0 Å². The maximum Gasteiger partial charge on any atom is 0.306 e. The summed E-state index contributed by atoms with van der Waals surface area (Å²) in [6, 6.07) is 0. The third kappa shape index (κ3) is 0.606. The Morgan fingerprint density at radius 1 is 1.33 bits per heavy atom. The predicted molar refractivity (Wildman–Crippen MR) is 45.7 cm³/mol. The lowest BCUT2D eigenvalue weighted by Crippen LogP contribution is -2.31. The van der Waals surface area contributed by atoms with Crippen LogP contribution >= 0.6 is 0 Å². The van der Waals surface area contributed by atoms with E-state index >= 15 is 0 Å². The van der Waals surface area contributed by atoms with Crippen LogP contribution in [0.15, 0.2) is 0 Å². The topological polar surface area (TPSA) is 37.3 Å². The molecular formula is C10H16O2. The number of fused-ring (bicyclic) bond motifs is 1. The Balaban J connectivity index is 2.07. The Kier molecular flexibility index (Phi) is 1.15. The minimum absolute atomic E-state index is 0.120. The van der Waals surface area contributed by atoms with Gasteiger partial charge < -0.3 is 5.11 Å². The summed E-state index contributed by atoms with van der Waals surface area (Å²) in [7, 11) is 0. The van der Waals surface area contributed by atoms with Crippen molar-refractivity contribution in [3.8, 4) is 0 Å². The van der Waals surface area contributed by atoms with E-state index in [1.165, 1.54) is 0 Å². The van der Waals surface area contributed by atoms with Gasteiger partial charge in [0, 0.05) is 0 Å². The lowest BCUT2D eigenvalue weighted by atomic mass is 9.74. The van der Waals surface area contributed by atoms with Gasteiger partial charge in [0.15, 0.2) is 0 Å². The van der Waals surface area contributed by atoms with Gasteiger partial charge in [0.25, 0.3) is 0 Å². The van der Waals surface area contributed by atoms with Crippen molar-refractivity contribution in [1.29, 1.82) is 0 Å². The Morgan fingerprint density at radius 3 is 2.00 bits per heavy atom. The summed E-state index contributed by atoms with van der Waals surface area (Å²) in [6.07, 6.45) is 0. The lowest BCUT2D eigenvalue weighted by Gasteiger charge is -2.30. The summed E-state index contributed by atoms with van der Waals surface area (Å²) in [6.45, 7) is 8.42. The first-order chi connectivity index (χ1) is 5.34. The van der Waals surface area contributed by atoms with Gasteiger partial charge in [-0.15, -0.1) is 0 Å². The molecule has 0 bridgehead atoms. The highest BCUT2D eigenvalue weighted by Crippen LogP contribution is 2.90. The normalized spacial score (nSPS) is 49.3. The van der Waals surface area contributed by atoms with E-state index in [0.717, 1.165) is 0 Å². The average molecular weight is 168 g/mol. The van der Waals surface area contributed by atoms with Crippen molar-refractivity contribution in [2.24, 2.45) is 28.6 Å². The molecule has 12 heavy (non-hydrogen) atoms. The van der Waals surface area contributed by atoms with Gasteiger partial charge in [0.1, 0.15) is 0 Å². The van der Waals surface area contributed by atoms with E-state index in [1.54, 1.807) is 0 Å². The molecule has 2 fully saturated rings. The maximum absolute atomic E-state index is 10.8. The van der Waals surface area contributed by atoms with E-state index in [-0.39, 0.29) is 11.3 Å². The SMILES string of the molecule is CC(C(=O)O)C1(C)C2C1C2(C)C. The monoisotopic (exact) mass is 168 g/mol. The molecule has 0 aromatic rings. The summed E-state index contributed by atoms with van der Waals surface area (Å²) in [5.41, 5.74) is 0.563. The van der Waals surface area contributed by atoms with Gasteiger partial charge in [0.2, 0.25) is 0 Å². The number of hydrogen-bond donors (Lipinski definition) is 1. The molecule has 0 aromatic heterocycles. The van der Waals surface area contributed by atoms with Crippen LogP contribution in [-0.4, -0.2) is 11.1 Å². The van der Waals surface area contributed by atoms with Crippen molar-refractivity contribution in [2.45, 2.75) is 27.7 Å². The number of carbonyl (C=O) groups is 1. The molecule has 2 aliphatic carbocycles. The molecule has 3 unspecified atom stereocenters. The fourth-order valence-corrected chi connectivity index (χ4v) is 3.48. The van der Waals surface area contributed by atoms with E-state index in [1.807, 2.05) is 6.92 Å². The minimum Gasteiger partial charge on any atom is -0.481 e. The minimum atomic E-state index is -0.638. The molecule has 0 aliphatic heterocycles. The van der Waals surface area contributed by atoms with Crippen LogP contribution in [0.2, 0.25) is 0 Å². The fraction of sp³-hybridized carbons (Fsp3) is 0.900. The smallest absolute Gasteiger partial charge is 0.306 e. The maximum atomic E-state index is 10.8. The standard InChI is InChI=1S/C10H16O2/c1-5(8(11)12)10(4)6-7(10)9(6,2)3/h5-7H,1-4H3,(H,11,12). The summed E-state index contributed by atoms with van der Waals surface area (Å²) >= 11 is 0. The van der Waals surface area contributed by atoms with Crippen LogP contribution in [0.5, 0.6) is 0 Å². The largest absolute Gasteiger partial charge is 0.481 e. The second kappa shape index (κ2) is 1.70. The van der Waals surface area contributed by atoms with E-state index in [0.29, 0.717) is 17.3 Å². The van der Waals surface area contributed by atoms with E-state index in [9.17, 15) is 4.79 Å². The fourth-order valence-electron chi connectivity index (χ4n) is 3.48. The molecule has 2 aliphatic rings. The molecule has 2 saturated carbocycles. The molecule has 68 valence electrons. The summed E-state index contributed by atoms with van der Waals surface area (Å²) < 4.78 is 0. The highest BCUT2D eigenvalue weighted by atomic mass is 16.4. The van der Waals surface area contributed by atoms with Crippen LogP contribution in [-0.2, 0) is 4.79 Å². The van der Waals surface area contributed by atoms with Crippen LogP contribution in [0, 0.1) is 28.6 Å². The molecule has 0 radical (unpaired) electrons. The number of carboxylic acids is 1. The number of aliphatic carboxylic acids is 1. The molecule has 3 atom stereocenters. The lowest BCUT2D eigenvalue weighted by molar-refractivity contribution is -0.144. The summed E-state index contributed by atoms with van der Waals surface area (Å²) in [4.78, 5) is 10.8. The predicted octanol–water partition coefficient (Wildman–Crippen LogP) is 2.00. The molecule has 2 rings (SSSR count). The molecular weight excluding hydrogens is 152 g/mol. The Hall–Kier alpha value is -0.530. The molecule has 2 nitrogen and oxygen atoms in total. The van der Waals surface area contributed by atoms with E-state index in [4.69, 9.17) is 5.11 Å². The molecule has 0 amide bonds. The average Bonchev–Trinajstić information content (AvgIpc) is 2.74. The zero-order valence-corrected chi connectivity index (χ0v) is 8.09. The first-order valence-electron chi connectivity index (χ1n) is 4.57. The number of rotatable bonds is 2. The molecule has 0 spiro atoms. The van der Waals surface area contributed by atoms with Crippen molar-refractivity contribution < 1.29 is 9.90 Å². The zero-order valence-electron chi connectivity index (χ0n) is 8.09. The highest BCUT2D eigenvalue weighted by molar-refractivity contribution is 5.72. The van der Waals surface area contributed by atoms with Crippen LogP contribution < -0.4 is 0 Å². The van der Waals surface area contributed by atoms with Gasteiger partial charge in [-0.25, -0.2) is 0 Å². The van der Waals surface area contributed by atoms with Crippen LogP contribution in [0.3, 0.4) is 0 Å². The van der Waals surface area contributed by atoms with Crippen molar-refractivity contribution in [1.82, 2.24) is 0 Å². The van der Waals surface area contributed by atoms with Crippen molar-refractivity contribution >= 4 is 5.97 Å². The Morgan fingerprint density at radius 2 is 1.75 bits per heavy atom. The summed E-state index contributed by atoms with van der Waals surface area (Å²) in [5.74, 6) is 0.549. The van der Waals surface area contributed by atoms with Crippen LogP contribution in [0.4, 0.5) is 0 Å². The molecule has 0 saturated heterocycles. The van der Waals surface area contributed by atoms with E-state index < -0.39 is 5.97 Å². The molecule has 1 N–H and O–H groups in total. The van der Waals surface area contributed by atoms with Gasteiger partial charge in [-0.1, -0.05) is 27.7 Å². The number of hydrogen-bond acceptors (Lipinski definition) is 1. The second-order valence-electron chi connectivity index (χ2n) is 5.20. The quantitative estimate of drug-likeness (QED) is 0.684. The van der Waals surface area contributed by atoms with Crippen molar-refractivity contribution in [3.05, 3.63) is 0 Å². The van der Waals surface area contributed by atoms with Gasteiger partial charge in [-0.2, -0.15) is 0 Å². The van der Waals surface area contributed by atoms with Gasteiger partial charge >= 0.3 is 5.97 Å². The zero-order chi connectivity index (χ0) is 9.31. The Labute approximate surface area is 73.0 Å². The van der Waals surface area contributed by atoms with E-state index in [2.05, 4.69) is 20.8 Å². The van der Waals surface area contributed by atoms with Gasteiger partial charge in [-0.05, 0) is 22.7 Å². The van der Waals surface area contributed by atoms with Gasteiger partial charge in [0.05, 0.1) is 5.92 Å². The van der Waals surface area contributed by atoms with Gasteiger partial charge in [-0.3, -0.25) is 4.79 Å². The van der Waals surface area contributed by atoms with Crippen LogP contribution in [0.25, 0.3) is 0 Å². The Bertz CT molecular complexity index is 243. The third-order valence-corrected chi connectivity index (χ3v) is 4.36. The first kappa shape index (κ1) is 8.09. The molecule has 2 heteroatoms. The summed E-state index contributed by atoms with van der Waals surface area (Å²) in [5, 5.41) is 8.87. The highest BCUT2D eigenvalue weighted by Gasteiger charge is 2.87. The molecule has 0 heterocycles.